The number of benzene rings is 1. The highest BCUT2D eigenvalue weighted by atomic mass is 79.9. The number of nitrogens with two attached hydrogens (primary N) is 1. The minimum atomic E-state index is -0.422. The summed E-state index contributed by atoms with van der Waals surface area (Å²) in [6, 6.07) is 5.51. The molecule has 2 aromatic rings. The van der Waals surface area contributed by atoms with Crippen molar-refractivity contribution in [2.75, 3.05) is 0 Å². The molecule has 1 aromatic carbocycles. The number of halogens is 2. The Morgan fingerprint density at radius 1 is 1.39 bits per heavy atom. The summed E-state index contributed by atoms with van der Waals surface area (Å²) in [6.45, 7) is 0. The average molecular weight is 329 g/mol. The third-order valence-electron chi connectivity index (χ3n) is 3.28. The molecule has 1 aliphatic rings. The van der Waals surface area contributed by atoms with E-state index in [4.69, 9.17) is 21.9 Å². The second-order valence-corrected chi connectivity index (χ2v) is 5.82. The Bertz CT molecular complexity index is 595. The van der Waals surface area contributed by atoms with Crippen molar-refractivity contribution in [3.63, 3.8) is 0 Å². The molecule has 1 heterocycles. The van der Waals surface area contributed by atoms with Crippen LogP contribution in [-0.4, -0.2) is 10.1 Å². The zero-order chi connectivity index (χ0) is 12.8. The Hall–Kier alpha value is -0.910. The summed E-state index contributed by atoms with van der Waals surface area (Å²) in [6.07, 6.45) is 2.92. The van der Waals surface area contributed by atoms with E-state index in [2.05, 4.69) is 26.1 Å². The Morgan fingerprint density at radius 2 is 2.17 bits per heavy atom. The van der Waals surface area contributed by atoms with Gasteiger partial charge in [-0.05, 0) is 53.4 Å². The molecule has 0 bridgehead atoms. The maximum Gasteiger partial charge on any atom is 0.247 e. The fourth-order valence-corrected chi connectivity index (χ4v) is 2.45. The molecular formula is C12H11BrClN3O. The van der Waals surface area contributed by atoms with Crippen molar-refractivity contribution in [3.05, 3.63) is 33.6 Å². The summed E-state index contributed by atoms with van der Waals surface area (Å²) in [7, 11) is 0. The van der Waals surface area contributed by atoms with Gasteiger partial charge < -0.3 is 10.3 Å². The molecule has 0 unspecified atom stereocenters. The fourth-order valence-electron chi connectivity index (χ4n) is 1.95. The summed E-state index contributed by atoms with van der Waals surface area (Å²) in [4.78, 5) is 4.38. The Balaban J connectivity index is 1.95. The van der Waals surface area contributed by atoms with E-state index < -0.39 is 5.54 Å². The van der Waals surface area contributed by atoms with E-state index >= 15 is 0 Å². The lowest BCUT2D eigenvalue weighted by molar-refractivity contribution is 0.181. The van der Waals surface area contributed by atoms with Crippen LogP contribution in [0.25, 0.3) is 11.4 Å². The Morgan fingerprint density at radius 3 is 2.78 bits per heavy atom. The first kappa shape index (κ1) is 12.1. The standard InChI is InChI=1S/C12H11BrClN3O/c13-8-6-7(2-3-9(8)14)10-16-11(18-17-10)12(15)4-1-5-12/h2-3,6H,1,4-5,15H2. The summed E-state index contributed by atoms with van der Waals surface area (Å²) < 4.78 is 6.07. The Kier molecular flexibility index (Phi) is 2.92. The van der Waals surface area contributed by atoms with E-state index in [1.165, 1.54) is 0 Å². The molecule has 1 aliphatic carbocycles. The van der Waals surface area contributed by atoms with Crippen LogP contribution in [0.4, 0.5) is 0 Å². The molecule has 4 nitrogen and oxygen atoms in total. The van der Waals surface area contributed by atoms with Crippen molar-refractivity contribution in [2.24, 2.45) is 5.73 Å². The van der Waals surface area contributed by atoms with Gasteiger partial charge in [-0.15, -0.1) is 0 Å². The molecule has 3 rings (SSSR count). The minimum Gasteiger partial charge on any atom is -0.337 e. The Labute approximate surface area is 118 Å². The summed E-state index contributed by atoms with van der Waals surface area (Å²) in [5, 5.41) is 4.63. The highest BCUT2D eigenvalue weighted by molar-refractivity contribution is 9.10. The van der Waals surface area contributed by atoms with Crippen LogP contribution < -0.4 is 5.73 Å². The number of hydrogen-bond donors (Lipinski definition) is 1. The molecule has 0 aliphatic heterocycles. The van der Waals surface area contributed by atoms with Crippen molar-refractivity contribution in [2.45, 2.75) is 24.8 Å². The number of rotatable bonds is 2. The highest BCUT2D eigenvalue weighted by Gasteiger charge is 2.39. The summed E-state index contributed by atoms with van der Waals surface area (Å²) in [5.74, 6) is 1.06. The lowest BCUT2D eigenvalue weighted by Gasteiger charge is -2.33. The molecule has 0 radical (unpaired) electrons. The topological polar surface area (TPSA) is 64.9 Å². The van der Waals surface area contributed by atoms with Crippen LogP contribution in [0.15, 0.2) is 27.2 Å². The van der Waals surface area contributed by atoms with Crippen LogP contribution in [0.3, 0.4) is 0 Å². The molecular weight excluding hydrogens is 318 g/mol. The highest BCUT2D eigenvalue weighted by Crippen LogP contribution is 2.38. The fraction of sp³-hybridized carbons (Fsp3) is 0.333. The third-order valence-corrected chi connectivity index (χ3v) is 4.49. The molecule has 2 N–H and O–H groups in total. The van der Waals surface area contributed by atoms with Crippen molar-refractivity contribution in [1.82, 2.24) is 10.1 Å². The lowest BCUT2D eigenvalue weighted by Crippen LogP contribution is -2.43. The van der Waals surface area contributed by atoms with E-state index in [9.17, 15) is 0 Å². The third kappa shape index (κ3) is 1.96. The van der Waals surface area contributed by atoms with Gasteiger partial charge in [0.2, 0.25) is 11.7 Å². The van der Waals surface area contributed by atoms with Crippen LogP contribution in [0.1, 0.15) is 25.2 Å². The average Bonchev–Trinajstić information content (AvgIpc) is 2.79. The molecule has 94 valence electrons. The van der Waals surface area contributed by atoms with Crippen LogP contribution in [0, 0.1) is 0 Å². The van der Waals surface area contributed by atoms with Crippen molar-refractivity contribution < 1.29 is 4.52 Å². The van der Waals surface area contributed by atoms with E-state index in [-0.39, 0.29) is 0 Å². The minimum absolute atomic E-state index is 0.422. The smallest absolute Gasteiger partial charge is 0.247 e. The maximum absolute atomic E-state index is 6.14. The first-order valence-corrected chi connectivity index (χ1v) is 6.84. The van der Waals surface area contributed by atoms with Crippen molar-refractivity contribution in [3.8, 4) is 11.4 Å². The van der Waals surface area contributed by atoms with Crippen LogP contribution in [-0.2, 0) is 5.54 Å². The number of nitrogens with zero attached hydrogens (tertiary/aromatic N) is 2. The molecule has 18 heavy (non-hydrogen) atoms. The van der Waals surface area contributed by atoms with Crippen LogP contribution in [0.2, 0.25) is 5.02 Å². The van der Waals surface area contributed by atoms with Gasteiger partial charge in [0.1, 0.15) is 0 Å². The molecule has 0 spiro atoms. The summed E-state index contributed by atoms with van der Waals surface area (Å²) in [5.41, 5.74) is 6.57. The molecule has 1 fully saturated rings. The van der Waals surface area contributed by atoms with E-state index in [0.29, 0.717) is 16.7 Å². The predicted octanol–water partition coefficient (Wildman–Crippen LogP) is 3.49. The monoisotopic (exact) mass is 327 g/mol. The first-order valence-electron chi connectivity index (χ1n) is 5.67. The largest absolute Gasteiger partial charge is 0.337 e. The van der Waals surface area contributed by atoms with E-state index in [1.807, 2.05) is 12.1 Å². The van der Waals surface area contributed by atoms with Crippen molar-refractivity contribution in [1.29, 1.82) is 0 Å². The zero-order valence-electron chi connectivity index (χ0n) is 9.49. The van der Waals surface area contributed by atoms with Gasteiger partial charge in [-0.25, -0.2) is 0 Å². The number of hydrogen-bond acceptors (Lipinski definition) is 4. The van der Waals surface area contributed by atoms with E-state index in [1.54, 1.807) is 6.07 Å². The van der Waals surface area contributed by atoms with Gasteiger partial charge in [-0.1, -0.05) is 16.8 Å². The van der Waals surface area contributed by atoms with Gasteiger partial charge in [-0.3, -0.25) is 0 Å². The SMILES string of the molecule is NC1(c2nc(-c3ccc(Cl)c(Br)c3)no2)CCC1. The van der Waals surface area contributed by atoms with Gasteiger partial charge in [0.25, 0.3) is 0 Å². The normalized spacial score (nSPS) is 17.5. The summed E-state index contributed by atoms with van der Waals surface area (Å²) >= 11 is 9.32. The number of aromatic nitrogens is 2. The van der Waals surface area contributed by atoms with Gasteiger partial charge in [0.15, 0.2) is 0 Å². The first-order chi connectivity index (χ1) is 8.58. The molecule has 6 heteroatoms. The van der Waals surface area contributed by atoms with E-state index in [0.717, 1.165) is 29.3 Å². The van der Waals surface area contributed by atoms with Gasteiger partial charge >= 0.3 is 0 Å². The van der Waals surface area contributed by atoms with Crippen LogP contribution >= 0.6 is 27.5 Å². The molecule has 0 saturated heterocycles. The molecule has 0 amide bonds. The molecule has 1 saturated carbocycles. The van der Waals surface area contributed by atoms with Crippen LogP contribution in [0.5, 0.6) is 0 Å². The maximum atomic E-state index is 6.14. The second-order valence-electron chi connectivity index (χ2n) is 4.56. The quantitative estimate of drug-likeness (QED) is 0.916. The van der Waals surface area contributed by atoms with Gasteiger partial charge in [0, 0.05) is 10.0 Å². The molecule has 1 aromatic heterocycles. The lowest BCUT2D eigenvalue weighted by atomic mass is 9.78. The second kappa shape index (κ2) is 4.33. The molecule has 0 atom stereocenters. The predicted molar refractivity (Wildman–Crippen MR) is 72.2 cm³/mol. The van der Waals surface area contributed by atoms with Gasteiger partial charge in [-0.2, -0.15) is 4.98 Å². The zero-order valence-corrected chi connectivity index (χ0v) is 11.8. The van der Waals surface area contributed by atoms with Gasteiger partial charge in [0.05, 0.1) is 10.6 Å². The van der Waals surface area contributed by atoms with Crippen molar-refractivity contribution >= 4 is 27.5 Å².